The molecule has 0 aliphatic carbocycles. The lowest BCUT2D eigenvalue weighted by Crippen LogP contribution is -2.32. The molecular formula is C25H26N6O4. The molecule has 0 aliphatic heterocycles. The number of nitrogen functional groups attached to an aromatic ring is 1. The van der Waals surface area contributed by atoms with E-state index in [0.717, 1.165) is 11.3 Å². The van der Waals surface area contributed by atoms with Gasteiger partial charge < -0.3 is 20.5 Å². The molecule has 0 unspecified atom stereocenters. The lowest BCUT2D eigenvalue weighted by atomic mass is 10.2. The number of carbonyl (C=O) groups excluding carboxylic acids is 2. The summed E-state index contributed by atoms with van der Waals surface area (Å²) in [6, 6.07) is 12.8. The highest BCUT2D eigenvalue weighted by atomic mass is 16.6. The standard InChI is InChI=1S/C25H26N6O4/c1-25(2,3)35-24(33)29-13-15-7-9-17(10-8-15)31-21(18-6-5-11-27-20(18)26)30-19-12-16(23(32)34-4)14-28-22(19)31/h5-12,14H,13H2,1-4H3,(H2,26,27)(H,29,33). The summed E-state index contributed by atoms with van der Waals surface area (Å²) < 4.78 is 11.9. The Bertz CT molecular complexity index is 1390. The molecule has 0 bridgehead atoms. The molecule has 0 saturated heterocycles. The van der Waals surface area contributed by atoms with Crippen LogP contribution < -0.4 is 11.1 Å². The molecule has 0 radical (unpaired) electrons. The summed E-state index contributed by atoms with van der Waals surface area (Å²) in [5, 5.41) is 2.75. The third-order valence-electron chi connectivity index (χ3n) is 5.03. The van der Waals surface area contributed by atoms with Gasteiger partial charge in [-0.2, -0.15) is 0 Å². The molecule has 0 atom stereocenters. The first kappa shape index (κ1) is 23.7. The third-order valence-corrected chi connectivity index (χ3v) is 5.03. The van der Waals surface area contributed by atoms with Gasteiger partial charge in [-0.05, 0) is 56.7 Å². The van der Waals surface area contributed by atoms with Crippen LogP contribution in [0.3, 0.4) is 0 Å². The molecule has 3 N–H and O–H groups in total. The summed E-state index contributed by atoms with van der Waals surface area (Å²) >= 11 is 0. The molecule has 0 fully saturated rings. The fraction of sp³-hybridized carbons (Fsp3) is 0.240. The van der Waals surface area contributed by atoms with Crippen LogP contribution in [0.5, 0.6) is 0 Å². The highest BCUT2D eigenvalue weighted by Gasteiger charge is 2.20. The number of anilines is 1. The number of hydrogen-bond donors (Lipinski definition) is 2. The van der Waals surface area contributed by atoms with Gasteiger partial charge in [0.05, 0.1) is 18.2 Å². The van der Waals surface area contributed by atoms with Crippen LogP contribution in [0.2, 0.25) is 0 Å². The Morgan fingerprint density at radius 2 is 1.86 bits per heavy atom. The number of fused-ring (bicyclic) bond motifs is 1. The molecule has 3 aromatic heterocycles. The zero-order valence-electron chi connectivity index (χ0n) is 19.9. The highest BCUT2D eigenvalue weighted by molar-refractivity contribution is 5.93. The van der Waals surface area contributed by atoms with Gasteiger partial charge in [0.15, 0.2) is 11.5 Å². The van der Waals surface area contributed by atoms with Gasteiger partial charge in [0.1, 0.15) is 16.9 Å². The van der Waals surface area contributed by atoms with Crippen LogP contribution in [0.1, 0.15) is 36.7 Å². The fourth-order valence-corrected chi connectivity index (χ4v) is 3.48. The van der Waals surface area contributed by atoms with Crippen LogP contribution in [-0.4, -0.2) is 44.3 Å². The summed E-state index contributed by atoms with van der Waals surface area (Å²) in [4.78, 5) is 37.3. The van der Waals surface area contributed by atoms with Crippen molar-refractivity contribution in [2.75, 3.05) is 12.8 Å². The average Bonchev–Trinajstić information content (AvgIpc) is 3.20. The Morgan fingerprint density at radius 3 is 2.51 bits per heavy atom. The maximum absolute atomic E-state index is 12.0. The van der Waals surface area contributed by atoms with Crippen molar-refractivity contribution < 1.29 is 19.1 Å². The SMILES string of the molecule is COC(=O)c1cnc2c(c1)nc(-c1cccnc1N)n2-c1ccc(CNC(=O)OC(C)(C)C)cc1. The number of alkyl carbamates (subject to hydrolysis) is 1. The van der Waals surface area contributed by atoms with Gasteiger partial charge in [0.2, 0.25) is 0 Å². The normalized spacial score (nSPS) is 11.3. The molecule has 0 spiro atoms. The maximum atomic E-state index is 12.0. The Kier molecular flexibility index (Phi) is 6.37. The Balaban J connectivity index is 1.72. The van der Waals surface area contributed by atoms with Crippen molar-refractivity contribution in [1.82, 2.24) is 24.8 Å². The second-order valence-electron chi connectivity index (χ2n) is 8.79. The number of hydrogen-bond acceptors (Lipinski definition) is 8. The first-order valence-electron chi connectivity index (χ1n) is 10.9. The monoisotopic (exact) mass is 474 g/mol. The third kappa shape index (κ3) is 5.21. The summed E-state index contributed by atoms with van der Waals surface area (Å²) in [7, 11) is 1.31. The lowest BCUT2D eigenvalue weighted by molar-refractivity contribution is 0.0522. The van der Waals surface area contributed by atoms with Crippen LogP contribution in [-0.2, 0) is 16.0 Å². The number of aromatic nitrogens is 4. The fourth-order valence-electron chi connectivity index (χ4n) is 3.48. The molecule has 3 heterocycles. The molecule has 0 aliphatic rings. The van der Waals surface area contributed by atoms with Crippen molar-refractivity contribution in [2.45, 2.75) is 32.9 Å². The van der Waals surface area contributed by atoms with Gasteiger partial charge in [-0.3, -0.25) is 4.57 Å². The van der Waals surface area contributed by atoms with Gasteiger partial charge in [-0.15, -0.1) is 0 Å². The summed E-state index contributed by atoms with van der Waals surface area (Å²) in [6.07, 6.45) is 2.57. The lowest BCUT2D eigenvalue weighted by Gasteiger charge is -2.19. The molecule has 0 saturated carbocycles. The topological polar surface area (TPSA) is 134 Å². The van der Waals surface area contributed by atoms with Crippen LogP contribution in [0.25, 0.3) is 28.2 Å². The van der Waals surface area contributed by atoms with Crippen molar-refractivity contribution in [3.05, 3.63) is 66.0 Å². The highest BCUT2D eigenvalue weighted by Crippen LogP contribution is 2.30. The number of benzene rings is 1. The second kappa shape index (κ2) is 9.41. The van der Waals surface area contributed by atoms with E-state index in [1.165, 1.54) is 13.3 Å². The van der Waals surface area contributed by atoms with Gasteiger partial charge in [0.25, 0.3) is 0 Å². The zero-order valence-corrected chi connectivity index (χ0v) is 19.9. The van der Waals surface area contributed by atoms with Crippen molar-refractivity contribution >= 4 is 29.0 Å². The van der Waals surface area contributed by atoms with Crippen LogP contribution >= 0.6 is 0 Å². The number of methoxy groups -OCH3 is 1. The van der Waals surface area contributed by atoms with E-state index in [-0.39, 0.29) is 0 Å². The number of carbonyl (C=O) groups is 2. The number of rotatable bonds is 5. The predicted molar refractivity (Wildman–Crippen MR) is 131 cm³/mol. The molecule has 4 aromatic rings. The van der Waals surface area contributed by atoms with Gasteiger partial charge in [-0.1, -0.05) is 12.1 Å². The van der Waals surface area contributed by atoms with Gasteiger partial charge in [-0.25, -0.2) is 24.5 Å². The molecule has 4 rings (SSSR count). The van der Waals surface area contributed by atoms with Gasteiger partial charge >= 0.3 is 12.1 Å². The number of nitrogens with one attached hydrogen (secondary N) is 1. The Hall–Kier alpha value is -4.47. The zero-order chi connectivity index (χ0) is 25.2. The number of amides is 1. The van der Waals surface area contributed by atoms with E-state index in [2.05, 4.69) is 15.3 Å². The molecule has 35 heavy (non-hydrogen) atoms. The summed E-state index contributed by atoms with van der Waals surface area (Å²) in [5.41, 5.74) is 9.18. The number of imidazole rings is 1. The molecule has 1 amide bonds. The molecule has 10 nitrogen and oxygen atoms in total. The number of nitrogens with zero attached hydrogens (tertiary/aromatic N) is 4. The van der Waals surface area contributed by atoms with Crippen molar-refractivity contribution in [1.29, 1.82) is 0 Å². The molecule has 1 aromatic carbocycles. The minimum atomic E-state index is -0.568. The number of nitrogens with two attached hydrogens (primary N) is 1. The van der Waals surface area contributed by atoms with Crippen molar-refractivity contribution in [3.8, 4) is 17.1 Å². The number of esters is 1. The van der Waals surface area contributed by atoms with E-state index in [1.807, 2.05) is 55.7 Å². The van der Waals surface area contributed by atoms with E-state index in [4.69, 9.17) is 20.2 Å². The van der Waals surface area contributed by atoms with Crippen LogP contribution in [0.15, 0.2) is 54.9 Å². The minimum absolute atomic E-state index is 0.291. The Morgan fingerprint density at radius 1 is 1.11 bits per heavy atom. The minimum Gasteiger partial charge on any atom is -0.465 e. The average molecular weight is 475 g/mol. The number of pyridine rings is 2. The molecule has 180 valence electrons. The van der Waals surface area contributed by atoms with Crippen molar-refractivity contribution in [3.63, 3.8) is 0 Å². The smallest absolute Gasteiger partial charge is 0.407 e. The Labute approximate surface area is 202 Å². The van der Waals surface area contributed by atoms with Crippen LogP contribution in [0, 0.1) is 0 Å². The van der Waals surface area contributed by atoms with E-state index in [1.54, 1.807) is 18.3 Å². The number of ether oxygens (including phenoxy) is 2. The first-order chi connectivity index (χ1) is 16.7. The van der Waals surface area contributed by atoms with E-state index < -0.39 is 17.7 Å². The van der Waals surface area contributed by atoms with Crippen molar-refractivity contribution in [2.24, 2.45) is 0 Å². The maximum Gasteiger partial charge on any atom is 0.407 e. The quantitative estimate of drug-likeness (QED) is 0.416. The molecule has 10 heteroatoms. The van der Waals surface area contributed by atoms with E-state index >= 15 is 0 Å². The molecular weight excluding hydrogens is 448 g/mol. The van der Waals surface area contributed by atoms with Crippen LogP contribution in [0.4, 0.5) is 10.6 Å². The largest absolute Gasteiger partial charge is 0.465 e. The van der Waals surface area contributed by atoms with E-state index in [9.17, 15) is 9.59 Å². The van der Waals surface area contributed by atoms with E-state index in [0.29, 0.717) is 40.5 Å². The predicted octanol–water partition coefficient (Wildman–Crippen LogP) is 3.88. The van der Waals surface area contributed by atoms with Gasteiger partial charge in [0, 0.05) is 24.6 Å². The first-order valence-corrected chi connectivity index (χ1v) is 10.9. The second-order valence-corrected chi connectivity index (χ2v) is 8.79. The summed E-state index contributed by atoms with van der Waals surface area (Å²) in [5.74, 6) is 0.341. The summed E-state index contributed by atoms with van der Waals surface area (Å²) in [6.45, 7) is 5.74.